The Kier molecular flexibility index (Phi) is 3.35. The van der Waals surface area contributed by atoms with Gasteiger partial charge in [-0.05, 0) is 37.2 Å². The highest BCUT2D eigenvalue weighted by molar-refractivity contribution is 6.00. The van der Waals surface area contributed by atoms with E-state index in [1.54, 1.807) is 0 Å². The first kappa shape index (κ1) is 13.5. The molecule has 1 aromatic carbocycles. The van der Waals surface area contributed by atoms with Crippen molar-refractivity contribution in [3.8, 4) is 0 Å². The van der Waals surface area contributed by atoms with E-state index in [0.29, 0.717) is 18.3 Å². The maximum absolute atomic E-state index is 12.8. The third-order valence-electron chi connectivity index (χ3n) is 5.51. The second kappa shape index (κ2) is 5.22. The van der Waals surface area contributed by atoms with Gasteiger partial charge >= 0.3 is 0 Å². The lowest BCUT2D eigenvalue weighted by Gasteiger charge is -2.41. The molecule has 0 N–H and O–H groups in total. The lowest BCUT2D eigenvalue weighted by atomic mass is 9.70. The summed E-state index contributed by atoms with van der Waals surface area (Å²) in [7, 11) is 0. The summed E-state index contributed by atoms with van der Waals surface area (Å²) in [6.45, 7) is 2.29. The first-order valence-electron chi connectivity index (χ1n) is 8.11. The number of hydrogen-bond donors (Lipinski definition) is 0. The summed E-state index contributed by atoms with van der Waals surface area (Å²) in [5, 5.41) is 0. The van der Waals surface area contributed by atoms with Gasteiger partial charge in [-0.25, -0.2) is 0 Å². The largest absolute Gasteiger partial charge is 0.378 e. The van der Waals surface area contributed by atoms with Crippen LogP contribution in [-0.2, 0) is 15.9 Å². The van der Waals surface area contributed by atoms with Gasteiger partial charge in [-0.2, -0.15) is 0 Å². The van der Waals surface area contributed by atoms with Gasteiger partial charge in [0.2, 0.25) is 0 Å². The summed E-state index contributed by atoms with van der Waals surface area (Å²) in [4.78, 5) is 12.8. The van der Waals surface area contributed by atoms with Crippen molar-refractivity contribution in [3.05, 3.63) is 35.4 Å². The molecule has 3 aliphatic rings. The molecule has 3 heteroatoms. The van der Waals surface area contributed by atoms with Crippen molar-refractivity contribution in [1.29, 1.82) is 0 Å². The van der Waals surface area contributed by atoms with Gasteiger partial charge in [-0.15, -0.1) is 0 Å². The molecule has 3 atom stereocenters. The number of carbonyl (C=O) groups excluding carboxylic acids is 1. The zero-order valence-electron chi connectivity index (χ0n) is 12.3. The minimum atomic E-state index is -0.0971. The molecule has 3 nitrogen and oxygen atoms in total. The van der Waals surface area contributed by atoms with E-state index >= 15 is 0 Å². The van der Waals surface area contributed by atoms with Crippen LogP contribution in [-0.4, -0.2) is 31.2 Å². The van der Waals surface area contributed by atoms with Crippen LogP contribution in [0.1, 0.15) is 41.6 Å². The van der Waals surface area contributed by atoms with Crippen molar-refractivity contribution in [2.75, 3.05) is 19.8 Å². The molecule has 4 rings (SSSR count). The van der Waals surface area contributed by atoms with E-state index in [-0.39, 0.29) is 11.5 Å². The predicted molar refractivity (Wildman–Crippen MR) is 79.4 cm³/mol. The molecule has 3 unspecified atom stereocenters. The highest BCUT2D eigenvalue weighted by atomic mass is 16.6. The zero-order valence-corrected chi connectivity index (χ0v) is 12.3. The van der Waals surface area contributed by atoms with Gasteiger partial charge in [-0.1, -0.05) is 24.3 Å². The number of hydrogen-bond acceptors (Lipinski definition) is 3. The van der Waals surface area contributed by atoms with Crippen LogP contribution in [0.3, 0.4) is 0 Å². The Morgan fingerprint density at radius 3 is 2.90 bits per heavy atom. The molecule has 0 bridgehead atoms. The Morgan fingerprint density at radius 2 is 2.05 bits per heavy atom. The first-order valence-corrected chi connectivity index (χ1v) is 8.11. The number of rotatable bonds is 1. The molecule has 112 valence electrons. The molecule has 1 aliphatic carbocycles. The SMILES string of the molecule is O=C1c2ccccc2CCC1C1CCOC2(CCOC2)C1. The van der Waals surface area contributed by atoms with E-state index in [4.69, 9.17) is 9.47 Å². The van der Waals surface area contributed by atoms with E-state index in [1.165, 1.54) is 5.56 Å². The normalized spacial score (nSPS) is 35.9. The lowest BCUT2D eigenvalue weighted by molar-refractivity contribution is -0.104. The van der Waals surface area contributed by atoms with E-state index in [2.05, 4.69) is 6.07 Å². The first-order chi connectivity index (χ1) is 10.3. The van der Waals surface area contributed by atoms with E-state index in [9.17, 15) is 4.79 Å². The summed E-state index contributed by atoms with van der Waals surface area (Å²) < 4.78 is 11.6. The fourth-order valence-corrected chi connectivity index (χ4v) is 4.34. The number of benzene rings is 1. The Hall–Kier alpha value is -1.19. The van der Waals surface area contributed by atoms with Gasteiger partial charge < -0.3 is 9.47 Å². The van der Waals surface area contributed by atoms with Crippen LogP contribution in [0, 0.1) is 11.8 Å². The summed E-state index contributed by atoms with van der Waals surface area (Å²) in [6.07, 6.45) is 5.03. The van der Waals surface area contributed by atoms with Gasteiger partial charge in [0, 0.05) is 31.1 Å². The van der Waals surface area contributed by atoms with Crippen molar-refractivity contribution < 1.29 is 14.3 Å². The number of Topliss-reactive ketones (excluding diaryl/α,β-unsaturated/α-hetero) is 1. The molecule has 1 aromatic rings. The predicted octanol–water partition coefficient (Wildman–Crippen LogP) is 3.02. The van der Waals surface area contributed by atoms with Crippen LogP contribution in [0.5, 0.6) is 0 Å². The van der Waals surface area contributed by atoms with Crippen LogP contribution in [0.15, 0.2) is 24.3 Å². The molecule has 0 amide bonds. The molecule has 0 aromatic heterocycles. The quantitative estimate of drug-likeness (QED) is 0.796. The minimum Gasteiger partial charge on any atom is -0.378 e. The summed E-state index contributed by atoms with van der Waals surface area (Å²) in [6, 6.07) is 8.11. The average Bonchev–Trinajstić information content (AvgIpc) is 2.96. The third-order valence-corrected chi connectivity index (χ3v) is 5.51. The number of carbonyl (C=O) groups is 1. The number of fused-ring (bicyclic) bond motifs is 1. The highest BCUT2D eigenvalue weighted by Crippen LogP contribution is 2.42. The van der Waals surface area contributed by atoms with Crippen LogP contribution in [0.25, 0.3) is 0 Å². The number of ether oxygens (including phenoxy) is 2. The molecular weight excluding hydrogens is 264 g/mol. The van der Waals surface area contributed by atoms with Gasteiger partial charge in [-0.3, -0.25) is 4.79 Å². The standard InChI is InChI=1S/C18H22O3/c19-17-15-4-2-1-3-13(15)5-6-16(17)14-7-9-21-18(11-14)8-10-20-12-18/h1-4,14,16H,5-12H2. The zero-order chi connectivity index (χ0) is 14.3. The Labute approximate surface area is 125 Å². The van der Waals surface area contributed by atoms with Crippen molar-refractivity contribution in [1.82, 2.24) is 0 Å². The summed E-state index contributed by atoms with van der Waals surface area (Å²) in [5.74, 6) is 1.00. The Balaban J connectivity index is 1.56. The fourth-order valence-electron chi connectivity index (χ4n) is 4.34. The summed E-state index contributed by atoms with van der Waals surface area (Å²) in [5.41, 5.74) is 2.09. The molecule has 21 heavy (non-hydrogen) atoms. The number of aryl methyl sites for hydroxylation is 1. The fraction of sp³-hybridized carbons (Fsp3) is 0.611. The van der Waals surface area contributed by atoms with E-state index in [1.807, 2.05) is 18.2 Å². The highest BCUT2D eigenvalue weighted by Gasteiger charge is 2.45. The minimum absolute atomic E-state index is 0.0971. The van der Waals surface area contributed by atoms with Crippen LogP contribution >= 0.6 is 0 Å². The van der Waals surface area contributed by atoms with Gasteiger partial charge in [0.1, 0.15) is 0 Å². The molecule has 2 aliphatic heterocycles. The smallest absolute Gasteiger partial charge is 0.166 e. The molecule has 1 spiro atoms. The van der Waals surface area contributed by atoms with Gasteiger partial charge in [0.15, 0.2) is 5.78 Å². The van der Waals surface area contributed by atoms with Crippen molar-refractivity contribution >= 4 is 5.78 Å². The third kappa shape index (κ3) is 2.33. The number of ketones is 1. The lowest BCUT2D eigenvalue weighted by Crippen LogP contribution is -2.44. The second-order valence-electron chi connectivity index (χ2n) is 6.75. The van der Waals surface area contributed by atoms with Crippen molar-refractivity contribution in [2.24, 2.45) is 11.8 Å². The molecule has 2 fully saturated rings. The van der Waals surface area contributed by atoms with Gasteiger partial charge in [0.25, 0.3) is 0 Å². The Morgan fingerprint density at radius 1 is 1.14 bits per heavy atom. The molecular formula is C18H22O3. The monoisotopic (exact) mass is 286 g/mol. The molecule has 2 heterocycles. The van der Waals surface area contributed by atoms with Crippen LogP contribution in [0.2, 0.25) is 0 Å². The van der Waals surface area contributed by atoms with E-state index in [0.717, 1.165) is 50.9 Å². The van der Waals surface area contributed by atoms with Crippen LogP contribution in [0.4, 0.5) is 0 Å². The Bertz CT molecular complexity index is 545. The molecule has 2 saturated heterocycles. The maximum Gasteiger partial charge on any atom is 0.166 e. The molecule has 0 saturated carbocycles. The average molecular weight is 286 g/mol. The molecule has 0 radical (unpaired) electrons. The second-order valence-corrected chi connectivity index (χ2v) is 6.75. The van der Waals surface area contributed by atoms with Gasteiger partial charge in [0.05, 0.1) is 12.2 Å². The maximum atomic E-state index is 12.8. The van der Waals surface area contributed by atoms with Crippen molar-refractivity contribution in [2.45, 2.75) is 37.7 Å². The topological polar surface area (TPSA) is 35.5 Å². The van der Waals surface area contributed by atoms with Crippen LogP contribution < -0.4 is 0 Å². The van der Waals surface area contributed by atoms with Crippen molar-refractivity contribution in [3.63, 3.8) is 0 Å². The summed E-state index contributed by atoms with van der Waals surface area (Å²) >= 11 is 0. The van der Waals surface area contributed by atoms with E-state index < -0.39 is 0 Å².